The highest BCUT2D eigenvalue weighted by Crippen LogP contribution is 2.29. The molecule has 0 aliphatic carbocycles. The van der Waals surface area contributed by atoms with Crippen molar-refractivity contribution in [2.75, 3.05) is 0 Å². The van der Waals surface area contributed by atoms with Gasteiger partial charge in [0, 0.05) is 0 Å². The minimum atomic E-state index is -0.507. The summed E-state index contributed by atoms with van der Waals surface area (Å²) in [5.74, 6) is -0.161. The van der Waals surface area contributed by atoms with Gasteiger partial charge in [-0.1, -0.05) is 17.7 Å². The van der Waals surface area contributed by atoms with Gasteiger partial charge in [0.25, 0.3) is 5.89 Å². The second-order valence-electron chi connectivity index (χ2n) is 2.73. The van der Waals surface area contributed by atoms with Crippen LogP contribution in [-0.2, 0) is 5.88 Å². The molecule has 2 aromatic rings. The van der Waals surface area contributed by atoms with Gasteiger partial charge in [0.2, 0.25) is 5.89 Å². The largest absolute Gasteiger partial charge is 0.419 e. The average Bonchev–Trinajstić information content (AvgIpc) is 2.66. The van der Waals surface area contributed by atoms with Crippen molar-refractivity contribution in [3.63, 3.8) is 0 Å². The van der Waals surface area contributed by atoms with Gasteiger partial charge >= 0.3 is 0 Å². The van der Waals surface area contributed by atoms with E-state index in [0.717, 1.165) is 0 Å². The second-order valence-corrected chi connectivity index (χ2v) is 3.41. The van der Waals surface area contributed by atoms with E-state index < -0.39 is 5.82 Å². The standard InChI is InChI=1S/C9H5Cl2FN2O/c10-4-7-13-14-9(15-7)8-5(11)2-1-3-6(8)12/h1-3H,4H2. The summed E-state index contributed by atoms with van der Waals surface area (Å²) in [4.78, 5) is 0. The Balaban J connectivity index is 2.53. The number of hydrogen-bond donors (Lipinski definition) is 0. The molecule has 1 heterocycles. The molecule has 0 atom stereocenters. The Bertz CT molecular complexity index is 466. The van der Waals surface area contributed by atoms with E-state index in [1.165, 1.54) is 12.1 Å². The molecule has 0 N–H and O–H groups in total. The molecule has 0 radical (unpaired) electrons. The van der Waals surface area contributed by atoms with Crippen LogP contribution in [0.15, 0.2) is 22.6 Å². The zero-order valence-corrected chi connectivity index (χ0v) is 8.89. The van der Waals surface area contributed by atoms with E-state index in [2.05, 4.69) is 10.2 Å². The Labute approximate surface area is 94.8 Å². The highest BCUT2D eigenvalue weighted by Gasteiger charge is 2.15. The maximum atomic E-state index is 13.4. The van der Waals surface area contributed by atoms with E-state index in [1.54, 1.807) is 6.07 Å². The van der Waals surface area contributed by atoms with Gasteiger partial charge in [-0.2, -0.15) is 0 Å². The normalized spacial score (nSPS) is 10.6. The van der Waals surface area contributed by atoms with Crippen LogP contribution in [-0.4, -0.2) is 10.2 Å². The zero-order valence-electron chi connectivity index (χ0n) is 7.38. The molecular formula is C9H5Cl2FN2O. The molecule has 0 aliphatic rings. The predicted molar refractivity (Wildman–Crippen MR) is 54.3 cm³/mol. The Morgan fingerprint density at radius 1 is 1.33 bits per heavy atom. The van der Waals surface area contributed by atoms with Crippen LogP contribution < -0.4 is 0 Å². The minimum absolute atomic E-state index is 0.0359. The van der Waals surface area contributed by atoms with Crippen molar-refractivity contribution in [1.82, 2.24) is 10.2 Å². The van der Waals surface area contributed by atoms with E-state index in [4.69, 9.17) is 27.6 Å². The highest BCUT2D eigenvalue weighted by molar-refractivity contribution is 6.33. The van der Waals surface area contributed by atoms with Gasteiger partial charge < -0.3 is 4.42 Å². The summed E-state index contributed by atoms with van der Waals surface area (Å²) >= 11 is 11.3. The summed E-state index contributed by atoms with van der Waals surface area (Å²) in [7, 11) is 0. The monoisotopic (exact) mass is 246 g/mol. The third-order valence-corrected chi connectivity index (χ3v) is 2.30. The molecule has 0 bridgehead atoms. The van der Waals surface area contributed by atoms with Crippen molar-refractivity contribution >= 4 is 23.2 Å². The molecule has 6 heteroatoms. The molecule has 0 aliphatic heterocycles. The molecule has 78 valence electrons. The van der Waals surface area contributed by atoms with Crippen LogP contribution in [0, 0.1) is 5.82 Å². The number of rotatable bonds is 2. The average molecular weight is 247 g/mol. The first-order chi connectivity index (χ1) is 7.22. The fourth-order valence-corrected chi connectivity index (χ4v) is 1.46. The lowest BCUT2D eigenvalue weighted by molar-refractivity contribution is 0.521. The van der Waals surface area contributed by atoms with Gasteiger partial charge in [-0.3, -0.25) is 0 Å². The molecule has 0 saturated heterocycles. The molecule has 1 aromatic heterocycles. The third kappa shape index (κ3) is 1.96. The fraction of sp³-hybridized carbons (Fsp3) is 0.111. The first kappa shape index (κ1) is 10.4. The number of hydrogen-bond acceptors (Lipinski definition) is 3. The molecular weight excluding hydrogens is 242 g/mol. The van der Waals surface area contributed by atoms with E-state index in [0.29, 0.717) is 0 Å². The van der Waals surface area contributed by atoms with E-state index in [9.17, 15) is 4.39 Å². The molecule has 0 amide bonds. The molecule has 2 rings (SSSR count). The van der Waals surface area contributed by atoms with E-state index >= 15 is 0 Å². The van der Waals surface area contributed by atoms with E-state index in [-0.39, 0.29) is 28.2 Å². The van der Waals surface area contributed by atoms with Crippen LogP contribution in [0.3, 0.4) is 0 Å². The summed E-state index contributed by atoms with van der Waals surface area (Å²) in [6, 6.07) is 4.32. The van der Waals surface area contributed by atoms with Gasteiger partial charge in [0.15, 0.2) is 0 Å². The summed E-state index contributed by atoms with van der Waals surface area (Å²) in [6.45, 7) is 0. The van der Waals surface area contributed by atoms with Crippen LogP contribution in [0.2, 0.25) is 5.02 Å². The quantitative estimate of drug-likeness (QED) is 0.764. The van der Waals surface area contributed by atoms with Crippen molar-refractivity contribution in [2.24, 2.45) is 0 Å². The van der Waals surface area contributed by atoms with Crippen LogP contribution in [0.25, 0.3) is 11.5 Å². The second kappa shape index (κ2) is 4.16. The molecule has 3 nitrogen and oxygen atoms in total. The highest BCUT2D eigenvalue weighted by atomic mass is 35.5. The van der Waals surface area contributed by atoms with Gasteiger partial charge in [-0.15, -0.1) is 21.8 Å². The van der Waals surface area contributed by atoms with Gasteiger partial charge in [-0.05, 0) is 12.1 Å². The Hall–Kier alpha value is -1.13. The molecule has 15 heavy (non-hydrogen) atoms. The molecule has 0 unspecified atom stereocenters. The number of nitrogens with zero attached hydrogens (tertiary/aromatic N) is 2. The number of halogens is 3. The molecule has 0 saturated carbocycles. The first-order valence-corrected chi connectivity index (χ1v) is 4.96. The predicted octanol–water partition coefficient (Wildman–Crippen LogP) is 3.27. The Kier molecular flexibility index (Phi) is 2.88. The summed E-state index contributed by atoms with van der Waals surface area (Å²) in [5, 5.41) is 7.49. The van der Waals surface area contributed by atoms with E-state index in [1.807, 2.05) is 0 Å². The van der Waals surface area contributed by atoms with Gasteiger partial charge in [0.1, 0.15) is 11.7 Å². The topological polar surface area (TPSA) is 38.9 Å². The molecule has 0 fully saturated rings. The van der Waals surface area contributed by atoms with Crippen molar-refractivity contribution < 1.29 is 8.81 Å². The van der Waals surface area contributed by atoms with Crippen LogP contribution in [0.5, 0.6) is 0 Å². The molecule has 1 aromatic carbocycles. The Morgan fingerprint density at radius 2 is 2.13 bits per heavy atom. The van der Waals surface area contributed by atoms with Crippen LogP contribution in [0.4, 0.5) is 4.39 Å². The molecule has 0 spiro atoms. The van der Waals surface area contributed by atoms with Crippen molar-refractivity contribution in [3.05, 3.63) is 34.9 Å². The number of aromatic nitrogens is 2. The van der Waals surface area contributed by atoms with Crippen LogP contribution >= 0.6 is 23.2 Å². The van der Waals surface area contributed by atoms with Crippen LogP contribution in [0.1, 0.15) is 5.89 Å². The third-order valence-electron chi connectivity index (χ3n) is 1.76. The number of alkyl halides is 1. The lowest BCUT2D eigenvalue weighted by Crippen LogP contribution is -1.85. The smallest absolute Gasteiger partial charge is 0.252 e. The maximum absolute atomic E-state index is 13.4. The lowest BCUT2D eigenvalue weighted by Gasteiger charge is -1.99. The lowest BCUT2D eigenvalue weighted by atomic mass is 10.2. The van der Waals surface area contributed by atoms with Gasteiger partial charge in [-0.25, -0.2) is 4.39 Å². The minimum Gasteiger partial charge on any atom is -0.419 e. The summed E-state index contributed by atoms with van der Waals surface area (Å²) in [6.07, 6.45) is 0. The van der Waals surface area contributed by atoms with Crippen molar-refractivity contribution in [2.45, 2.75) is 5.88 Å². The maximum Gasteiger partial charge on any atom is 0.252 e. The summed E-state index contributed by atoms with van der Waals surface area (Å²) < 4.78 is 18.5. The van der Waals surface area contributed by atoms with Crippen molar-refractivity contribution in [1.29, 1.82) is 0 Å². The van der Waals surface area contributed by atoms with Gasteiger partial charge in [0.05, 0.1) is 10.6 Å². The number of benzene rings is 1. The zero-order chi connectivity index (χ0) is 10.8. The Morgan fingerprint density at radius 3 is 2.73 bits per heavy atom. The van der Waals surface area contributed by atoms with Crippen molar-refractivity contribution in [3.8, 4) is 11.5 Å². The SMILES string of the molecule is Fc1cccc(Cl)c1-c1nnc(CCl)o1. The fourth-order valence-electron chi connectivity index (χ4n) is 1.11. The summed E-state index contributed by atoms with van der Waals surface area (Å²) in [5.41, 5.74) is 0.100. The first-order valence-electron chi connectivity index (χ1n) is 4.05.